The molecule has 36 heavy (non-hydrogen) atoms. The molecular formula is C30H30N2O3S. The van der Waals surface area contributed by atoms with Gasteiger partial charge in [0.15, 0.2) is 6.29 Å². The zero-order chi connectivity index (χ0) is 24.7. The molecule has 6 heteroatoms. The molecule has 0 radical (unpaired) electrons. The zero-order valence-corrected chi connectivity index (χ0v) is 20.8. The Bertz CT molecular complexity index is 1250. The van der Waals surface area contributed by atoms with Gasteiger partial charge in [-0.3, -0.25) is 0 Å². The van der Waals surface area contributed by atoms with Crippen LogP contribution in [0.15, 0.2) is 102 Å². The zero-order valence-electron chi connectivity index (χ0n) is 20.0. The molecule has 0 amide bonds. The summed E-state index contributed by atoms with van der Waals surface area (Å²) >= 11 is 1.69. The highest BCUT2D eigenvalue weighted by Gasteiger charge is 2.32. The van der Waals surface area contributed by atoms with Crippen molar-refractivity contribution in [2.24, 2.45) is 5.73 Å². The molecule has 1 fully saturated rings. The largest absolute Gasteiger partial charge is 0.392 e. The van der Waals surface area contributed by atoms with Gasteiger partial charge in [0.05, 0.1) is 23.8 Å². The van der Waals surface area contributed by atoms with Gasteiger partial charge in [-0.2, -0.15) is 0 Å². The van der Waals surface area contributed by atoms with Gasteiger partial charge >= 0.3 is 0 Å². The first-order valence-corrected chi connectivity index (χ1v) is 13.1. The Kier molecular flexibility index (Phi) is 8.11. The van der Waals surface area contributed by atoms with E-state index in [1.807, 2.05) is 60.8 Å². The predicted molar refractivity (Wildman–Crippen MR) is 143 cm³/mol. The first kappa shape index (κ1) is 24.7. The van der Waals surface area contributed by atoms with Crippen molar-refractivity contribution < 1.29 is 14.6 Å². The molecule has 0 spiro atoms. The number of nitrogens with two attached hydrogens (primary N) is 1. The van der Waals surface area contributed by atoms with Crippen molar-refractivity contribution in [1.82, 2.24) is 4.98 Å². The summed E-state index contributed by atoms with van der Waals surface area (Å²) in [7, 11) is 0. The van der Waals surface area contributed by atoms with E-state index in [0.717, 1.165) is 50.6 Å². The number of thioether (sulfide) groups is 1. The highest BCUT2D eigenvalue weighted by Crippen LogP contribution is 2.39. The van der Waals surface area contributed by atoms with Crippen LogP contribution in [0.25, 0.3) is 11.1 Å². The molecule has 3 N–H and O–H groups in total. The maximum Gasteiger partial charge on any atom is 0.184 e. The van der Waals surface area contributed by atoms with E-state index < -0.39 is 6.29 Å². The fourth-order valence-corrected chi connectivity index (χ4v) is 5.31. The van der Waals surface area contributed by atoms with E-state index in [-0.39, 0.29) is 18.8 Å². The number of ether oxygens (including phenoxy) is 2. The minimum Gasteiger partial charge on any atom is -0.392 e. The normalized spacial score (nSPS) is 19.8. The Morgan fingerprint density at radius 3 is 2.33 bits per heavy atom. The maximum atomic E-state index is 9.42. The summed E-state index contributed by atoms with van der Waals surface area (Å²) < 4.78 is 12.9. The van der Waals surface area contributed by atoms with Crippen LogP contribution in [0.3, 0.4) is 0 Å². The van der Waals surface area contributed by atoms with Crippen molar-refractivity contribution in [3.05, 3.63) is 119 Å². The average molecular weight is 499 g/mol. The van der Waals surface area contributed by atoms with Gasteiger partial charge in [0.2, 0.25) is 0 Å². The van der Waals surface area contributed by atoms with Crippen LogP contribution in [0.2, 0.25) is 0 Å². The van der Waals surface area contributed by atoms with Gasteiger partial charge < -0.3 is 20.3 Å². The molecule has 3 aromatic carbocycles. The van der Waals surface area contributed by atoms with E-state index in [1.165, 1.54) is 0 Å². The quantitative estimate of drug-likeness (QED) is 0.289. The van der Waals surface area contributed by atoms with E-state index in [1.54, 1.807) is 11.8 Å². The molecule has 1 aliphatic rings. The summed E-state index contributed by atoms with van der Waals surface area (Å²) in [5.41, 5.74) is 12.3. The Labute approximate surface area is 216 Å². The van der Waals surface area contributed by atoms with Crippen molar-refractivity contribution >= 4 is 11.8 Å². The third kappa shape index (κ3) is 5.86. The fourth-order valence-electron chi connectivity index (χ4n) is 4.43. The number of hydrogen-bond acceptors (Lipinski definition) is 6. The van der Waals surface area contributed by atoms with Crippen molar-refractivity contribution in [2.75, 3.05) is 5.75 Å². The van der Waals surface area contributed by atoms with E-state index in [0.29, 0.717) is 6.54 Å². The summed E-state index contributed by atoms with van der Waals surface area (Å²) in [6, 6.07) is 30.5. The van der Waals surface area contributed by atoms with Gasteiger partial charge in [0.25, 0.3) is 0 Å². The Morgan fingerprint density at radius 2 is 1.61 bits per heavy atom. The molecule has 2 heterocycles. The van der Waals surface area contributed by atoms with Crippen molar-refractivity contribution in [3.63, 3.8) is 0 Å². The van der Waals surface area contributed by atoms with Crippen LogP contribution in [0.1, 0.15) is 41.1 Å². The van der Waals surface area contributed by atoms with E-state index in [4.69, 9.17) is 15.2 Å². The van der Waals surface area contributed by atoms with Crippen molar-refractivity contribution in [2.45, 2.75) is 43.1 Å². The molecule has 4 aromatic rings. The predicted octanol–water partition coefficient (Wildman–Crippen LogP) is 6.04. The standard InChI is InChI=1S/C30H30N2O3S/c31-18-25-5-1-2-6-27(25)22-12-14-24(15-13-22)30-34-26(20-36-29-7-3-4-16-32-29)17-28(35-30)23-10-8-21(19-33)9-11-23/h1-16,26,28,30,33H,17-20,31H2/t26-,28+,30+/m0/s1. The van der Waals surface area contributed by atoms with Crippen LogP contribution in [-0.2, 0) is 22.6 Å². The number of aliphatic hydroxyl groups excluding tert-OH is 1. The number of hydrogen-bond donors (Lipinski definition) is 2. The molecule has 0 bridgehead atoms. The molecule has 184 valence electrons. The molecule has 5 nitrogen and oxygen atoms in total. The van der Waals surface area contributed by atoms with E-state index >= 15 is 0 Å². The Balaban J connectivity index is 1.37. The summed E-state index contributed by atoms with van der Waals surface area (Å²) in [5.74, 6) is 0.782. The molecular weight excluding hydrogens is 468 g/mol. The SMILES string of the molecule is NCc1ccccc1-c1ccc([C@@H]2O[C@H](CSc3ccccn3)C[C@H](c3ccc(CO)cc3)O2)cc1. The van der Waals surface area contributed by atoms with Gasteiger partial charge in [0, 0.05) is 30.5 Å². The second kappa shape index (κ2) is 11.8. The molecule has 1 aliphatic heterocycles. The summed E-state index contributed by atoms with van der Waals surface area (Å²) in [5, 5.41) is 10.4. The second-order valence-corrected chi connectivity index (χ2v) is 9.85. The highest BCUT2D eigenvalue weighted by molar-refractivity contribution is 7.99. The van der Waals surface area contributed by atoms with E-state index in [2.05, 4.69) is 41.4 Å². The average Bonchev–Trinajstić information content (AvgIpc) is 2.96. The van der Waals surface area contributed by atoms with Crippen LogP contribution >= 0.6 is 11.8 Å². The number of rotatable bonds is 8. The smallest absolute Gasteiger partial charge is 0.184 e. The molecule has 0 aliphatic carbocycles. The van der Waals surface area contributed by atoms with Crippen molar-refractivity contribution in [1.29, 1.82) is 0 Å². The first-order valence-electron chi connectivity index (χ1n) is 12.2. The lowest BCUT2D eigenvalue weighted by Crippen LogP contribution is -2.31. The molecule has 0 saturated carbocycles. The number of nitrogens with zero attached hydrogens (tertiary/aromatic N) is 1. The molecule has 1 aromatic heterocycles. The van der Waals surface area contributed by atoms with Crippen LogP contribution in [0.4, 0.5) is 0 Å². The van der Waals surface area contributed by atoms with Gasteiger partial charge in [-0.15, -0.1) is 11.8 Å². The van der Waals surface area contributed by atoms with Gasteiger partial charge in [-0.1, -0.05) is 78.9 Å². The summed E-state index contributed by atoms with van der Waals surface area (Å²) in [4.78, 5) is 4.43. The fraction of sp³-hybridized carbons (Fsp3) is 0.233. The van der Waals surface area contributed by atoms with Crippen LogP contribution in [-0.4, -0.2) is 21.9 Å². The molecule has 5 rings (SSSR count). The van der Waals surface area contributed by atoms with E-state index in [9.17, 15) is 5.11 Å². The monoisotopic (exact) mass is 498 g/mol. The number of aliphatic hydroxyl groups is 1. The highest BCUT2D eigenvalue weighted by atomic mass is 32.2. The van der Waals surface area contributed by atoms with Crippen LogP contribution < -0.4 is 5.73 Å². The number of benzene rings is 3. The topological polar surface area (TPSA) is 77.6 Å². The third-order valence-corrected chi connectivity index (χ3v) is 7.48. The lowest BCUT2D eigenvalue weighted by Gasteiger charge is -2.36. The Morgan fingerprint density at radius 1 is 0.861 bits per heavy atom. The lowest BCUT2D eigenvalue weighted by molar-refractivity contribution is -0.245. The van der Waals surface area contributed by atoms with Crippen molar-refractivity contribution in [3.8, 4) is 11.1 Å². The maximum absolute atomic E-state index is 9.42. The molecule has 0 unspecified atom stereocenters. The summed E-state index contributed by atoms with van der Waals surface area (Å²) in [6.07, 6.45) is 1.97. The number of aromatic nitrogens is 1. The van der Waals surface area contributed by atoms with Gasteiger partial charge in [-0.25, -0.2) is 4.98 Å². The first-order chi connectivity index (χ1) is 17.7. The number of pyridine rings is 1. The van der Waals surface area contributed by atoms with Gasteiger partial charge in [-0.05, 0) is 39.9 Å². The Hall–Kier alpha value is -3.00. The van der Waals surface area contributed by atoms with Crippen LogP contribution in [0.5, 0.6) is 0 Å². The second-order valence-electron chi connectivity index (χ2n) is 8.81. The summed E-state index contributed by atoms with van der Waals surface area (Å²) in [6.45, 7) is 0.527. The lowest BCUT2D eigenvalue weighted by atomic mass is 9.98. The minimum absolute atomic E-state index is 0.00378. The van der Waals surface area contributed by atoms with Crippen LogP contribution in [0, 0.1) is 0 Å². The molecule has 1 saturated heterocycles. The van der Waals surface area contributed by atoms with Gasteiger partial charge in [0.1, 0.15) is 0 Å². The minimum atomic E-state index is -0.477. The molecule has 3 atom stereocenters. The third-order valence-electron chi connectivity index (χ3n) is 6.40.